The number of fused-ring (bicyclic) bond motifs is 3. The number of rotatable bonds is 6. The van der Waals surface area contributed by atoms with Crippen LogP contribution < -0.4 is 10.3 Å². The summed E-state index contributed by atoms with van der Waals surface area (Å²) >= 11 is 5.98. The predicted octanol–water partition coefficient (Wildman–Crippen LogP) is 3.42. The first-order valence-electron chi connectivity index (χ1n) is 8.53. The van der Waals surface area contributed by atoms with E-state index in [1.807, 2.05) is 18.2 Å². The quantitative estimate of drug-likeness (QED) is 0.365. The fourth-order valence-corrected chi connectivity index (χ4v) is 2.97. The minimum atomic E-state index is -0.581. The lowest BCUT2D eigenvalue weighted by atomic mass is 10.2. The molecule has 0 saturated heterocycles. The molecule has 0 aliphatic carbocycles. The van der Waals surface area contributed by atoms with E-state index < -0.39 is 11.5 Å². The first kappa shape index (κ1) is 18.1. The van der Waals surface area contributed by atoms with Crippen molar-refractivity contribution in [3.63, 3.8) is 0 Å². The lowest BCUT2D eigenvalue weighted by molar-refractivity contribution is -0.145. The van der Waals surface area contributed by atoms with Crippen molar-refractivity contribution in [3.05, 3.63) is 70.2 Å². The number of ether oxygens (including phenoxy) is 2. The molecular formula is C20H15ClN2O5. The number of hydrogen-bond donors (Lipinski definition) is 0. The smallest absolute Gasteiger partial charge is 0.326 e. The molecule has 2 aromatic heterocycles. The van der Waals surface area contributed by atoms with Crippen LogP contribution in [-0.4, -0.2) is 28.7 Å². The molecule has 0 unspecified atom stereocenters. The molecule has 0 aliphatic rings. The van der Waals surface area contributed by atoms with Crippen LogP contribution in [0.1, 0.15) is 0 Å². The maximum atomic E-state index is 12.6. The van der Waals surface area contributed by atoms with Gasteiger partial charge in [-0.2, -0.15) is 0 Å². The zero-order valence-corrected chi connectivity index (χ0v) is 15.4. The van der Waals surface area contributed by atoms with E-state index in [0.717, 1.165) is 9.95 Å². The SMILES string of the molecule is O=C(Cn1cnc2c(oc3ccccc32)c1=O)OCCOc1ccccc1Cl. The molecule has 0 fully saturated rings. The van der Waals surface area contributed by atoms with Gasteiger partial charge in [-0.05, 0) is 24.3 Å². The summed E-state index contributed by atoms with van der Waals surface area (Å²) in [5.74, 6) is -0.0712. The largest absolute Gasteiger partial charge is 0.488 e. The summed E-state index contributed by atoms with van der Waals surface area (Å²) in [7, 11) is 0. The summed E-state index contributed by atoms with van der Waals surface area (Å²) < 4.78 is 17.3. The van der Waals surface area contributed by atoms with Gasteiger partial charge in [0, 0.05) is 5.39 Å². The van der Waals surface area contributed by atoms with Crippen molar-refractivity contribution < 1.29 is 18.7 Å². The molecule has 0 atom stereocenters. The van der Waals surface area contributed by atoms with Gasteiger partial charge < -0.3 is 13.9 Å². The Morgan fingerprint density at radius 3 is 2.75 bits per heavy atom. The molecule has 0 saturated carbocycles. The Bertz CT molecular complexity index is 1210. The summed E-state index contributed by atoms with van der Waals surface area (Å²) in [5.41, 5.74) is 0.710. The summed E-state index contributed by atoms with van der Waals surface area (Å²) in [6.45, 7) is -0.102. The summed E-state index contributed by atoms with van der Waals surface area (Å²) in [6, 6.07) is 14.2. The van der Waals surface area contributed by atoms with Gasteiger partial charge >= 0.3 is 5.97 Å². The zero-order valence-electron chi connectivity index (χ0n) is 14.6. The molecule has 0 bridgehead atoms. The van der Waals surface area contributed by atoms with Crippen molar-refractivity contribution in [2.24, 2.45) is 0 Å². The Labute approximate surface area is 164 Å². The van der Waals surface area contributed by atoms with Crippen molar-refractivity contribution in [1.82, 2.24) is 9.55 Å². The molecule has 0 amide bonds. The van der Waals surface area contributed by atoms with Crippen LogP contribution in [0.15, 0.2) is 64.1 Å². The van der Waals surface area contributed by atoms with E-state index >= 15 is 0 Å². The second-order valence-electron chi connectivity index (χ2n) is 5.95. The molecule has 7 nitrogen and oxygen atoms in total. The first-order chi connectivity index (χ1) is 13.6. The molecule has 4 rings (SSSR count). The molecule has 2 heterocycles. The predicted molar refractivity (Wildman–Crippen MR) is 104 cm³/mol. The molecule has 0 spiro atoms. The topological polar surface area (TPSA) is 83.6 Å². The van der Waals surface area contributed by atoms with Gasteiger partial charge in [0.1, 0.15) is 36.6 Å². The molecule has 142 valence electrons. The second kappa shape index (κ2) is 7.74. The summed E-state index contributed by atoms with van der Waals surface area (Å²) in [5, 5.41) is 1.23. The number of nitrogens with zero attached hydrogens (tertiary/aromatic N) is 2. The fourth-order valence-electron chi connectivity index (χ4n) is 2.78. The minimum absolute atomic E-state index is 0.0269. The van der Waals surface area contributed by atoms with Crippen molar-refractivity contribution in [1.29, 1.82) is 0 Å². The van der Waals surface area contributed by atoms with Crippen molar-refractivity contribution in [2.75, 3.05) is 13.2 Å². The zero-order chi connectivity index (χ0) is 19.5. The summed E-state index contributed by atoms with van der Waals surface area (Å²) in [6.07, 6.45) is 1.31. The second-order valence-corrected chi connectivity index (χ2v) is 6.36. The highest BCUT2D eigenvalue weighted by atomic mass is 35.5. The van der Waals surface area contributed by atoms with Gasteiger partial charge in [0.25, 0.3) is 5.56 Å². The van der Waals surface area contributed by atoms with E-state index in [-0.39, 0.29) is 25.3 Å². The van der Waals surface area contributed by atoms with Crippen LogP contribution in [-0.2, 0) is 16.1 Å². The van der Waals surface area contributed by atoms with Crippen LogP contribution in [0.5, 0.6) is 5.75 Å². The van der Waals surface area contributed by atoms with Gasteiger partial charge in [-0.25, -0.2) is 4.98 Å². The number of esters is 1. The van der Waals surface area contributed by atoms with Crippen LogP contribution in [0.4, 0.5) is 0 Å². The highest BCUT2D eigenvalue weighted by Gasteiger charge is 2.15. The van der Waals surface area contributed by atoms with E-state index in [9.17, 15) is 9.59 Å². The fraction of sp³-hybridized carbons (Fsp3) is 0.150. The number of halogens is 1. The molecule has 28 heavy (non-hydrogen) atoms. The molecule has 4 aromatic rings. The van der Waals surface area contributed by atoms with E-state index in [2.05, 4.69) is 4.98 Å². The van der Waals surface area contributed by atoms with Crippen molar-refractivity contribution in [3.8, 4) is 5.75 Å². The van der Waals surface area contributed by atoms with Crippen LogP contribution in [0.25, 0.3) is 22.1 Å². The monoisotopic (exact) mass is 398 g/mol. The summed E-state index contributed by atoms with van der Waals surface area (Å²) in [4.78, 5) is 28.8. The third kappa shape index (κ3) is 3.57. The third-order valence-electron chi connectivity index (χ3n) is 4.09. The van der Waals surface area contributed by atoms with Crippen molar-refractivity contribution in [2.45, 2.75) is 6.54 Å². The normalized spacial score (nSPS) is 11.0. The highest BCUT2D eigenvalue weighted by Crippen LogP contribution is 2.24. The molecule has 8 heteroatoms. The molecular weight excluding hydrogens is 384 g/mol. The van der Waals surface area contributed by atoms with Gasteiger partial charge in [0.05, 0.1) is 11.3 Å². The van der Waals surface area contributed by atoms with E-state index in [4.69, 9.17) is 25.5 Å². The maximum absolute atomic E-state index is 12.6. The maximum Gasteiger partial charge on any atom is 0.326 e. The van der Waals surface area contributed by atoms with E-state index in [0.29, 0.717) is 21.9 Å². The standard InChI is InChI=1S/C20H15ClN2O5/c21-14-6-2-4-8-16(14)26-9-10-27-17(24)11-23-12-22-18-13-5-1-3-7-15(13)28-19(18)20(23)25/h1-8,12H,9-11H2. The van der Waals surface area contributed by atoms with Crippen LogP contribution in [0.3, 0.4) is 0 Å². The average molecular weight is 399 g/mol. The van der Waals surface area contributed by atoms with E-state index in [1.165, 1.54) is 6.33 Å². The van der Waals surface area contributed by atoms with Crippen LogP contribution in [0.2, 0.25) is 5.02 Å². The van der Waals surface area contributed by atoms with Gasteiger partial charge in [-0.3, -0.25) is 14.2 Å². The minimum Gasteiger partial charge on any atom is -0.488 e. The number of aromatic nitrogens is 2. The number of benzene rings is 2. The van der Waals surface area contributed by atoms with Crippen LogP contribution in [0, 0.1) is 0 Å². The van der Waals surface area contributed by atoms with Gasteiger partial charge in [-0.1, -0.05) is 35.9 Å². The van der Waals surface area contributed by atoms with E-state index in [1.54, 1.807) is 30.3 Å². The Balaban J connectivity index is 1.40. The van der Waals surface area contributed by atoms with Crippen molar-refractivity contribution >= 4 is 39.6 Å². The number of furan rings is 1. The number of carbonyl (C=O) groups excluding carboxylic acids is 1. The van der Waals surface area contributed by atoms with Gasteiger partial charge in [-0.15, -0.1) is 0 Å². The number of hydrogen-bond acceptors (Lipinski definition) is 6. The Morgan fingerprint density at radius 1 is 1.11 bits per heavy atom. The highest BCUT2D eigenvalue weighted by molar-refractivity contribution is 6.32. The molecule has 0 radical (unpaired) electrons. The first-order valence-corrected chi connectivity index (χ1v) is 8.91. The van der Waals surface area contributed by atoms with Crippen LogP contribution >= 0.6 is 11.6 Å². The Morgan fingerprint density at radius 2 is 1.89 bits per heavy atom. The Hall–Kier alpha value is -3.32. The van der Waals surface area contributed by atoms with Gasteiger partial charge in [0.2, 0.25) is 5.58 Å². The van der Waals surface area contributed by atoms with Gasteiger partial charge in [0.15, 0.2) is 0 Å². The molecule has 0 N–H and O–H groups in total. The average Bonchev–Trinajstić information content (AvgIpc) is 3.08. The number of para-hydroxylation sites is 2. The molecule has 2 aromatic carbocycles. The lowest BCUT2D eigenvalue weighted by Crippen LogP contribution is -2.26. The lowest BCUT2D eigenvalue weighted by Gasteiger charge is -2.09. The molecule has 0 aliphatic heterocycles. The Kier molecular flexibility index (Phi) is 4.99. The third-order valence-corrected chi connectivity index (χ3v) is 4.40. The number of carbonyl (C=O) groups is 1.